The van der Waals surface area contributed by atoms with E-state index in [0.717, 1.165) is 5.56 Å². The van der Waals surface area contributed by atoms with Crippen LogP contribution in [-0.2, 0) is 0 Å². The Hall–Kier alpha value is -1.09. The molecule has 1 aliphatic carbocycles. The van der Waals surface area contributed by atoms with Crippen molar-refractivity contribution in [2.24, 2.45) is 5.92 Å². The molecule has 3 heteroatoms. The van der Waals surface area contributed by atoms with Crippen LogP contribution in [0.3, 0.4) is 0 Å². The number of phenols is 1. The first-order valence-corrected chi connectivity index (χ1v) is 7.32. The molecule has 2 N–H and O–H groups in total. The molecule has 3 atom stereocenters. The quantitative estimate of drug-likeness (QED) is 0.805. The van der Waals surface area contributed by atoms with E-state index in [1.807, 2.05) is 6.92 Å². The van der Waals surface area contributed by atoms with E-state index in [9.17, 15) is 9.50 Å². The minimum absolute atomic E-state index is 0.0428. The molecule has 0 aliphatic heterocycles. The van der Waals surface area contributed by atoms with E-state index < -0.39 is 5.82 Å². The second-order valence-corrected chi connectivity index (χ2v) is 5.81. The van der Waals surface area contributed by atoms with Gasteiger partial charge in [-0.25, -0.2) is 4.39 Å². The van der Waals surface area contributed by atoms with Gasteiger partial charge in [0.25, 0.3) is 0 Å². The molecule has 19 heavy (non-hydrogen) atoms. The smallest absolute Gasteiger partial charge is 0.126 e. The van der Waals surface area contributed by atoms with Crippen LogP contribution in [0.25, 0.3) is 0 Å². The van der Waals surface area contributed by atoms with E-state index in [-0.39, 0.29) is 11.8 Å². The lowest BCUT2D eigenvalue weighted by Crippen LogP contribution is -2.36. The maximum Gasteiger partial charge on any atom is 0.126 e. The van der Waals surface area contributed by atoms with Crippen LogP contribution in [0, 0.1) is 11.7 Å². The van der Waals surface area contributed by atoms with Crippen molar-refractivity contribution in [3.63, 3.8) is 0 Å². The summed E-state index contributed by atoms with van der Waals surface area (Å²) in [5.41, 5.74) is 0.776. The number of phenolic OH excluding ortho intramolecular Hbond substituents is 1. The van der Waals surface area contributed by atoms with Crippen molar-refractivity contribution in [2.75, 3.05) is 0 Å². The molecule has 2 nitrogen and oxygen atoms in total. The summed E-state index contributed by atoms with van der Waals surface area (Å²) >= 11 is 0. The van der Waals surface area contributed by atoms with Crippen LogP contribution < -0.4 is 5.32 Å². The van der Waals surface area contributed by atoms with Crippen molar-refractivity contribution in [3.05, 3.63) is 29.6 Å². The second kappa shape index (κ2) is 6.38. The molecule has 106 valence electrons. The van der Waals surface area contributed by atoms with Gasteiger partial charge in [-0.3, -0.25) is 0 Å². The highest BCUT2D eigenvalue weighted by Crippen LogP contribution is 2.29. The molecule has 2 rings (SSSR count). The molecule has 1 saturated carbocycles. The minimum atomic E-state index is -0.392. The number of rotatable bonds is 3. The standard InChI is InChI=1S/C16H24FNO/c1-11-6-4-3-5-7-15(11)18-12(2)14-9-8-13(17)10-16(14)19/h8-12,15,18-19H,3-7H2,1-2H3. The van der Waals surface area contributed by atoms with Crippen molar-refractivity contribution >= 4 is 0 Å². The molecular weight excluding hydrogens is 241 g/mol. The summed E-state index contributed by atoms with van der Waals surface area (Å²) in [5.74, 6) is 0.310. The van der Waals surface area contributed by atoms with Gasteiger partial charge in [0.05, 0.1) is 0 Å². The summed E-state index contributed by atoms with van der Waals surface area (Å²) in [7, 11) is 0. The van der Waals surface area contributed by atoms with Gasteiger partial charge in [-0.2, -0.15) is 0 Å². The van der Waals surface area contributed by atoms with Crippen molar-refractivity contribution in [1.82, 2.24) is 5.32 Å². The summed E-state index contributed by atoms with van der Waals surface area (Å²) < 4.78 is 13.0. The van der Waals surface area contributed by atoms with Gasteiger partial charge in [0.1, 0.15) is 11.6 Å². The maximum atomic E-state index is 13.0. The molecule has 1 aromatic carbocycles. The first kappa shape index (κ1) is 14.3. The second-order valence-electron chi connectivity index (χ2n) is 5.81. The van der Waals surface area contributed by atoms with Gasteiger partial charge >= 0.3 is 0 Å². The Kier molecular flexibility index (Phi) is 4.81. The Labute approximate surface area is 115 Å². The van der Waals surface area contributed by atoms with E-state index in [1.165, 1.54) is 44.2 Å². The van der Waals surface area contributed by atoms with Crippen molar-refractivity contribution in [2.45, 2.75) is 58.0 Å². The number of nitrogens with one attached hydrogen (secondary N) is 1. The van der Waals surface area contributed by atoms with E-state index in [0.29, 0.717) is 12.0 Å². The van der Waals surface area contributed by atoms with Crippen molar-refractivity contribution in [1.29, 1.82) is 0 Å². The third-order valence-corrected chi connectivity index (χ3v) is 4.28. The molecule has 0 heterocycles. The highest BCUT2D eigenvalue weighted by molar-refractivity contribution is 5.34. The Morgan fingerprint density at radius 1 is 1.26 bits per heavy atom. The van der Waals surface area contributed by atoms with E-state index in [1.54, 1.807) is 6.07 Å². The minimum Gasteiger partial charge on any atom is -0.508 e. The Bertz CT molecular complexity index is 421. The summed E-state index contributed by atoms with van der Waals surface area (Å²) in [6.45, 7) is 4.32. The third-order valence-electron chi connectivity index (χ3n) is 4.28. The molecular formula is C16H24FNO. The average Bonchev–Trinajstić information content (AvgIpc) is 2.55. The first-order valence-electron chi connectivity index (χ1n) is 7.32. The van der Waals surface area contributed by atoms with Crippen LogP contribution in [0.15, 0.2) is 18.2 Å². The van der Waals surface area contributed by atoms with Gasteiger partial charge in [0.15, 0.2) is 0 Å². The number of aromatic hydroxyl groups is 1. The van der Waals surface area contributed by atoms with E-state index in [4.69, 9.17) is 0 Å². The van der Waals surface area contributed by atoms with Gasteiger partial charge in [-0.05, 0) is 31.7 Å². The van der Waals surface area contributed by atoms with Crippen LogP contribution in [-0.4, -0.2) is 11.1 Å². The highest BCUT2D eigenvalue weighted by atomic mass is 19.1. The fourth-order valence-electron chi connectivity index (χ4n) is 3.03. The topological polar surface area (TPSA) is 32.3 Å². The van der Waals surface area contributed by atoms with Crippen LogP contribution in [0.2, 0.25) is 0 Å². The molecule has 1 fully saturated rings. The Morgan fingerprint density at radius 2 is 2.00 bits per heavy atom. The third kappa shape index (κ3) is 3.69. The average molecular weight is 265 g/mol. The van der Waals surface area contributed by atoms with E-state index in [2.05, 4.69) is 12.2 Å². The Morgan fingerprint density at radius 3 is 2.74 bits per heavy atom. The van der Waals surface area contributed by atoms with Crippen LogP contribution >= 0.6 is 0 Å². The molecule has 0 saturated heterocycles. The van der Waals surface area contributed by atoms with Gasteiger partial charge < -0.3 is 10.4 Å². The fraction of sp³-hybridized carbons (Fsp3) is 0.625. The largest absolute Gasteiger partial charge is 0.508 e. The number of benzene rings is 1. The molecule has 0 spiro atoms. The van der Waals surface area contributed by atoms with Crippen LogP contribution in [0.1, 0.15) is 57.6 Å². The SMILES string of the molecule is CC(NC1CCCCCC1C)c1ccc(F)cc1O. The predicted octanol–water partition coefficient (Wildman–Crippen LogP) is 4.15. The van der Waals surface area contributed by atoms with Crippen molar-refractivity contribution in [3.8, 4) is 5.75 Å². The zero-order valence-electron chi connectivity index (χ0n) is 11.8. The van der Waals surface area contributed by atoms with Gasteiger partial charge in [0, 0.05) is 23.7 Å². The summed E-state index contributed by atoms with van der Waals surface area (Å²) in [5, 5.41) is 13.4. The monoisotopic (exact) mass is 265 g/mol. The van der Waals surface area contributed by atoms with Gasteiger partial charge in [-0.1, -0.05) is 32.3 Å². The molecule has 1 aromatic rings. The predicted molar refractivity (Wildman–Crippen MR) is 75.7 cm³/mol. The molecule has 0 aromatic heterocycles. The normalized spacial score (nSPS) is 25.8. The zero-order chi connectivity index (χ0) is 13.8. The molecule has 0 amide bonds. The number of hydrogen-bond acceptors (Lipinski definition) is 2. The fourth-order valence-corrected chi connectivity index (χ4v) is 3.03. The summed E-state index contributed by atoms with van der Waals surface area (Å²) in [4.78, 5) is 0. The summed E-state index contributed by atoms with van der Waals surface area (Å²) in [6, 6.07) is 4.80. The molecule has 0 bridgehead atoms. The lowest BCUT2D eigenvalue weighted by Gasteiger charge is -2.27. The lowest BCUT2D eigenvalue weighted by molar-refractivity contribution is 0.326. The Balaban J connectivity index is 2.04. The van der Waals surface area contributed by atoms with Gasteiger partial charge in [-0.15, -0.1) is 0 Å². The number of halogens is 1. The number of hydrogen-bond donors (Lipinski definition) is 2. The molecule has 0 radical (unpaired) electrons. The molecule has 3 unspecified atom stereocenters. The van der Waals surface area contributed by atoms with E-state index >= 15 is 0 Å². The van der Waals surface area contributed by atoms with Crippen LogP contribution in [0.4, 0.5) is 4.39 Å². The first-order chi connectivity index (χ1) is 9.08. The highest BCUT2D eigenvalue weighted by Gasteiger charge is 2.22. The lowest BCUT2D eigenvalue weighted by atomic mass is 9.95. The zero-order valence-corrected chi connectivity index (χ0v) is 11.8. The summed E-state index contributed by atoms with van der Waals surface area (Å²) in [6.07, 6.45) is 6.35. The van der Waals surface area contributed by atoms with Crippen molar-refractivity contribution < 1.29 is 9.50 Å². The van der Waals surface area contributed by atoms with Gasteiger partial charge in [0.2, 0.25) is 0 Å². The van der Waals surface area contributed by atoms with Crippen LogP contribution in [0.5, 0.6) is 5.75 Å². The molecule has 1 aliphatic rings. The maximum absolute atomic E-state index is 13.0.